The largest absolute Gasteiger partial charge is 0.462 e. The number of hydrogen-bond acceptors (Lipinski definition) is 5. The van der Waals surface area contributed by atoms with Gasteiger partial charge in [0.25, 0.3) is 0 Å². The van der Waals surface area contributed by atoms with Gasteiger partial charge >= 0.3 is 5.97 Å². The molecule has 0 aliphatic carbocycles. The number of nitrogens with one attached hydrogen (secondary N) is 1. The van der Waals surface area contributed by atoms with E-state index in [2.05, 4.69) is 26.1 Å². The Morgan fingerprint density at radius 1 is 0.439 bits per heavy atom. The van der Waals surface area contributed by atoms with Gasteiger partial charge in [0.15, 0.2) is 0 Å². The van der Waals surface area contributed by atoms with Crippen LogP contribution in [0.5, 0.6) is 0 Å². The van der Waals surface area contributed by atoms with Crippen molar-refractivity contribution < 1.29 is 24.5 Å². The van der Waals surface area contributed by atoms with E-state index < -0.39 is 18.2 Å². The van der Waals surface area contributed by atoms with E-state index in [0.717, 1.165) is 44.9 Å². The molecule has 0 fully saturated rings. The summed E-state index contributed by atoms with van der Waals surface area (Å²) in [5.74, 6) is -0.455. The number of carbonyl (C=O) groups excluding carboxylic acids is 2. The molecule has 3 atom stereocenters. The van der Waals surface area contributed by atoms with E-state index >= 15 is 0 Å². The maximum atomic E-state index is 13.2. The highest BCUT2D eigenvalue weighted by atomic mass is 16.5. The average Bonchev–Trinajstić information content (AvgIpc) is 3.20. The number of ether oxygens (including phenoxy) is 1. The molecule has 0 bridgehead atoms. The minimum Gasteiger partial charge on any atom is -0.462 e. The third kappa shape index (κ3) is 41.4. The SMILES string of the molecule is CCCCCCCCCCCCCCCCCC(O)C(CO)NC(=O)CC(CCCCCCCCCCCCCCCC)OC(=O)CCCCCCCCCCC. The molecule has 0 aromatic rings. The number of carbonyl (C=O) groups is 2. The van der Waals surface area contributed by atoms with E-state index in [4.69, 9.17) is 4.74 Å². The van der Waals surface area contributed by atoms with Crippen molar-refractivity contribution in [3.8, 4) is 0 Å². The summed E-state index contributed by atoms with van der Waals surface area (Å²) in [5, 5.41) is 23.8. The van der Waals surface area contributed by atoms with E-state index in [1.54, 1.807) is 0 Å². The zero-order valence-electron chi connectivity index (χ0n) is 38.8. The molecule has 0 aliphatic heterocycles. The van der Waals surface area contributed by atoms with Crippen LogP contribution < -0.4 is 5.32 Å². The Hall–Kier alpha value is -1.14. The minimum absolute atomic E-state index is 0.0874. The van der Waals surface area contributed by atoms with Gasteiger partial charge in [0.1, 0.15) is 6.10 Å². The molecule has 3 unspecified atom stereocenters. The molecule has 0 heterocycles. The topological polar surface area (TPSA) is 95.9 Å². The first-order valence-corrected chi connectivity index (χ1v) is 25.8. The van der Waals surface area contributed by atoms with Gasteiger partial charge in [-0.25, -0.2) is 0 Å². The first-order valence-electron chi connectivity index (χ1n) is 25.8. The molecular formula is C51H101NO5. The van der Waals surface area contributed by atoms with Crippen LogP contribution in [-0.2, 0) is 14.3 Å². The maximum absolute atomic E-state index is 13.2. The lowest BCUT2D eigenvalue weighted by Gasteiger charge is -2.24. The predicted molar refractivity (Wildman–Crippen MR) is 246 cm³/mol. The Balaban J connectivity index is 4.45. The molecule has 0 saturated heterocycles. The summed E-state index contributed by atoms with van der Waals surface area (Å²) in [6.07, 6.45) is 48.8. The van der Waals surface area contributed by atoms with Crippen molar-refractivity contribution in [3.63, 3.8) is 0 Å². The molecule has 0 radical (unpaired) electrons. The van der Waals surface area contributed by atoms with Crippen molar-refractivity contribution >= 4 is 11.9 Å². The smallest absolute Gasteiger partial charge is 0.306 e. The summed E-state index contributed by atoms with van der Waals surface area (Å²) in [7, 11) is 0. The van der Waals surface area contributed by atoms with Crippen molar-refractivity contribution in [1.82, 2.24) is 5.32 Å². The molecular weight excluding hydrogens is 707 g/mol. The van der Waals surface area contributed by atoms with Gasteiger partial charge in [-0.2, -0.15) is 0 Å². The number of esters is 1. The number of aliphatic hydroxyl groups excluding tert-OH is 2. The van der Waals surface area contributed by atoms with Crippen molar-refractivity contribution in [1.29, 1.82) is 0 Å². The molecule has 0 rings (SSSR count). The van der Waals surface area contributed by atoms with E-state index in [9.17, 15) is 19.8 Å². The lowest BCUT2D eigenvalue weighted by Crippen LogP contribution is -2.46. The van der Waals surface area contributed by atoms with Crippen LogP contribution in [0, 0.1) is 0 Å². The fraction of sp³-hybridized carbons (Fsp3) is 0.961. The molecule has 0 saturated carbocycles. The van der Waals surface area contributed by atoms with Crippen molar-refractivity contribution in [2.75, 3.05) is 6.61 Å². The molecule has 3 N–H and O–H groups in total. The van der Waals surface area contributed by atoms with Crippen molar-refractivity contribution in [3.05, 3.63) is 0 Å². The summed E-state index contributed by atoms with van der Waals surface area (Å²) >= 11 is 0. The van der Waals surface area contributed by atoms with Gasteiger partial charge in [0.2, 0.25) is 5.91 Å². The van der Waals surface area contributed by atoms with Gasteiger partial charge in [-0.05, 0) is 25.7 Å². The molecule has 0 aromatic heterocycles. The molecule has 0 aliphatic rings. The zero-order chi connectivity index (χ0) is 41.7. The Labute approximate surface area is 356 Å². The van der Waals surface area contributed by atoms with Gasteiger partial charge in [-0.3, -0.25) is 9.59 Å². The molecule has 57 heavy (non-hydrogen) atoms. The van der Waals surface area contributed by atoms with Crippen LogP contribution in [-0.4, -0.2) is 46.9 Å². The summed E-state index contributed by atoms with van der Waals surface area (Å²) in [6, 6.07) is -0.691. The highest BCUT2D eigenvalue weighted by Crippen LogP contribution is 2.19. The Bertz CT molecular complexity index is 821. The number of aliphatic hydroxyl groups is 2. The van der Waals surface area contributed by atoms with Gasteiger partial charge in [-0.15, -0.1) is 0 Å². The lowest BCUT2D eigenvalue weighted by molar-refractivity contribution is -0.151. The maximum Gasteiger partial charge on any atom is 0.306 e. The number of unbranched alkanes of at least 4 members (excludes halogenated alkanes) is 35. The monoisotopic (exact) mass is 808 g/mol. The van der Waals surface area contributed by atoms with Crippen LogP contribution in [0.2, 0.25) is 0 Å². The standard InChI is InChI=1S/C51H101NO5/c1-4-7-10-13-16-19-21-23-25-27-29-32-34-37-40-43-49(54)48(46-53)52-50(55)45-47(57-51(56)44-41-38-35-30-18-15-12-9-6-3)42-39-36-33-31-28-26-24-22-20-17-14-11-8-5-2/h47-49,53-54H,4-46H2,1-3H3,(H,52,55). The summed E-state index contributed by atoms with van der Waals surface area (Å²) in [5.41, 5.74) is 0. The third-order valence-corrected chi connectivity index (χ3v) is 12.2. The van der Waals surface area contributed by atoms with Crippen LogP contribution >= 0.6 is 0 Å². The first kappa shape index (κ1) is 55.9. The van der Waals surface area contributed by atoms with Crippen LogP contribution in [0.15, 0.2) is 0 Å². The van der Waals surface area contributed by atoms with Crippen LogP contribution in [0.1, 0.15) is 290 Å². The van der Waals surface area contributed by atoms with Gasteiger partial charge in [0, 0.05) is 6.42 Å². The second kappa shape index (κ2) is 45.9. The molecule has 1 amide bonds. The van der Waals surface area contributed by atoms with Crippen molar-refractivity contribution in [2.45, 2.75) is 309 Å². The normalized spacial score (nSPS) is 13.1. The van der Waals surface area contributed by atoms with Gasteiger partial charge in [-0.1, -0.05) is 252 Å². The Kier molecular flexibility index (Phi) is 45.0. The van der Waals surface area contributed by atoms with E-state index in [0.29, 0.717) is 19.3 Å². The molecule has 340 valence electrons. The first-order chi connectivity index (χ1) is 28.0. The average molecular weight is 808 g/mol. The second-order valence-electron chi connectivity index (χ2n) is 17.9. The molecule has 0 aromatic carbocycles. The molecule has 0 spiro atoms. The fourth-order valence-electron chi connectivity index (χ4n) is 8.26. The van der Waals surface area contributed by atoms with Gasteiger partial charge < -0.3 is 20.3 Å². The van der Waals surface area contributed by atoms with E-state index in [1.165, 1.54) is 199 Å². The summed E-state index contributed by atoms with van der Waals surface area (Å²) < 4.78 is 5.92. The minimum atomic E-state index is -0.778. The quantitative estimate of drug-likeness (QED) is 0.0420. The van der Waals surface area contributed by atoms with Gasteiger partial charge in [0.05, 0.1) is 25.2 Å². The van der Waals surface area contributed by atoms with E-state index in [1.807, 2.05) is 0 Å². The number of rotatable bonds is 47. The Morgan fingerprint density at radius 3 is 1.07 bits per heavy atom. The van der Waals surface area contributed by atoms with Crippen LogP contribution in [0.4, 0.5) is 0 Å². The second-order valence-corrected chi connectivity index (χ2v) is 17.9. The number of amides is 1. The van der Waals surface area contributed by atoms with Crippen molar-refractivity contribution in [2.24, 2.45) is 0 Å². The van der Waals surface area contributed by atoms with E-state index in [-0.39, 0.29) is 24.9 Å². The fourth-order valence-corrected chi connectivity index (χ4v) is 8.26. The lowest BCUT2D eigenvalue weighted by atomic mass is 10.0. The summed E-state index contributed by atoms with van der Waals surface area (Å²) in [6.45, 7) is 6.50. The molecule has 6 heteroatoms. The predicted octanol–water partition coefficient (Wildman–Crippen LogP) is 15.2. The molecule has 6 nitrogen and oxygen atoms in total. The Morgan fingerprint density at radius 2 is 0.737 bits per heavy atom. The highest BCUT2D eigenvalue weighted by molar-refractivity contribution is 5.77. The highest BCUT2D eigenvalue weighted by Gasteiger charge is 2.24. The third-order valence-electron chi connectivity index (χ3n) is 12.2. The summed E-state index contributed by atoms with van der Waals surface area (Å²) in [4.78, 5) is 26.0. The zero-order valence-corrected chi connectivity index (χ0v) is 38.8. The van der Waals surface area contributed by atoms with Crippen LogP contribution in [0.25, 0.3) is 0 Å². The number of hydrogen-bond donors (Lipinski definition) is 3. The van der Waals surface area contributed by atoms with Crippen LogP contribution in [0.3, 0.4) is 0 Å².